The van der Waals surface area contributed by atoms with Crippen molar-refractivity contribution >= 4 is 17.5 Å². The number of ether oxygens (including phenoxy) is 1. The molecule has 0 N–H and O–H groups in total. The summed E-state index contributed by atoms with van der Waals surface area (Å²) < 4.78 is 32.9. The molecule has 2 aliphatic rings. The molecule has 1 heterocycles. The van der Waals surface area contributed by atoms with E-state index in [4.69, 9.17) is 8.92 Å². The molecule has 3 rings (SSSR count). The zero-order chi connectivity index (χ0) is 13.4. The van der Waals surface area contributed by atoms with E-state index in [1.165, 1.54) is 23.3 Å². The van der Waals surface area contributed by atoms with Gasteiger partial charge in [-0.2, -0.15) is 0 Å². The van der Waals surface area contributed by atoms with E-state index in [2.05, 4.69) is 4.98 Å². The molecule has 104 valence electrons. The summed E-state index contributed by atoms with van der Waals surface area (Å²) in [6, 6.07) is 0. The summed E-state index contributed by atoms with van der Waals surface area (Å²) in [5.41, 5.74) is 0. The summed E-state index contributed by atoms with van der Waals surface area (Å²) in [4.78, 5) is 15.6. The van der Waals surface area contributed by atoms with E-state index >= 15 is 0 Å². The predicted octanol–water partition coefficient (Wildman–Crippen LogP) is 0.846. The second-order valence-electron chi connectivity index (χ2n) is 4.92. The van der Waals surface area contributed by atoms with Crippen molar-refractivity contribution in [1.82, 2.24) is 9.55 Å². The lowest BCUT2D eigenvalue weighted by molar-refractivity contribution is -0.0125. The molecule has 1 aromatic rings. The highest BCUT2D eigenvalue weighted by Crippen LogP contribution is 2.47. The summed E-state index contributed by atoms with van der Waals surface area (Å²) in [6.45, 7) is 0. The van der Waals surface area contributed by atoms with Crippen LogP contribution in [0.5, 0.6) is 0 Å². The molecule has 0 spiro atoms. The summed E-state index contributed by atoms with van der Waals surface area (Å²) in [7, 11) is 0. The van der Waals surface area contributed by atoms with E-state index in [1.54, 1.807) is 0 Å². The molecule has 5 atom stereocenters. The lowest BCUT2D eigenvalue weighted by atomic mass is 9.95. The molecule has 0 amide bonds. The van der Waals surface area contributed by atoms with E-state index in [0.29, 0.717) is 0 Å². The van der Waals surface area contributed by atoms with Gasteiger partial charge in [-0.15, -0.1) is 0 Å². The quantitative estimate of drug-likeness (QED) is 0.764. The summed E-state index contributed by atoms with van der Waals surface area (Å²) >= 11 is -2.59. The van der Waals surface area contributed by atoms with Gasteiger partial charge in [0.15, 0.2) is 0 Å². The van der Waals surface area contributed by atoms with E-state index in [1.807, 2.05) is 0 Å². The van der Waals surface area contributed by atoms with Gasteiger partial charge < -0.3 is 9.29 Å². The summed E-state index contributed by atoms with van der Waals surface area (Å²) in [6.07, 6.45) is 5.42. The van der Waals surface area contributed by atoms with Crippen molar-refractivity contribution in [3.63, 3.8) is 0 Å². The van der Waals surface area contributed by atoms with Gasteiger partial charge in [-0.3, -0.25) is 4.18 Å². The number of hydrogen-bond acceptors (Lipinski definition) is 6. The maximum absolute atomic E-state index is 11.9. The average molecular weight is 285 g/mol. The topological polar surface area (TPSA) is 93.5 Å². The van der Waals surface area contributed by atoms with Crippen molar-refractivity contribution in [2.75, 3.05) is 0 Å². The third-order valence-corrected chi connectivity index (χ3v) is 4.29. The van der Waals surface area contributed by atoms with Crippen molar-refractivity contribution in [2.45, 2.75) is 31.5 Å². The monoisotopic (exact) mass is 285 g/mol. The van der Waals surface area contributed by atoms with Crippen molar-refractivity contribution < 1.29 is 22.5 Å². The van der Waals surface area contributed by atoms with Crippen LogP contribution in [0.15, 0.2) is 18.7 Å². The Morgan fingerprint density at radius 3 is 2.74 bits per heavy atom. The Morgan fingerprint density at radius 1 is 1.37 bits per heavy atom. The van der Waals surface area contributed by atoms with Gasteiger partial charge in [-0.25, -0.2) is 18.6 Å². The molecule has 8 heteroatoms. The van der Waals surface area contributed by atoms with Crippen molar-refractivity contribution in [3.8, 4) is 0 Å². The molecule has 19 heavy (non-hydrogen) atoms. The zero-order valence-corrected chi connectivity index (χ0v) is 10.8. The minimum atomic E-state index is -2.59. The molecule has 5 unspecified atom stereocenters. The molecule has 7 nitrogen and oxygen atoms in total. The Labute approximate surface area is 112 Å². The maximum atomic E-state index is 11.9. The molecule has 2 aliphatic carbocycles. The first-order valence-corrected chi connectivity index (χ1v) is 7.10. The molecule has 2 fully saturated rings. The molecule has 2 saturated carbocycles. The van der Waals surface area contributed by atoms with E-state index < -0.39 is 29.7 Å². The number of imidazole rings is 1. The number of nitrogens with zero attached hydrogens (tertiary/aromatic N) is 2. The van der Waals surface area contributed by atoms with Crippen molar-refractivity contribution in [2.24, 2.45) is 11.8 Å². The largest absolute Gasteiger partial charge is 0.750 e. The number of carbonyl (C=O) groups excluding carboxylic acids is 1. The highest BCUT2D eigenvalue weighted by Gasteiger charge is 2.51. The van der Waals surface area contributed by atoms with Gasteiger partial charge in [0.25, 0.3) is 0 Å². The van der Waals surface area contributed by atoms with Crippen LogP contribution in [0.25, 0.3) is 0 Å². The highest BCUT2D eigenvalue weighted by atomic mass is 32.2. The van der Waals surface area contributed by atoms with Gasteiger partial charge in [0.1, 0.15) is 18.5 Å². The lowest BCUT2D eigenvalue weighted by Crippen LogP contribution is -2.39. The third-order valence-electron chi connectivity index (χ3n) is 3.91. The minimum absolute atomic E-state index is 0.156. The average Bonchev–Trinajstić information content (AvgIpc) is 3.05. The third kappa shape index (κ3) is 2.43. The second-order valence-corrected chi connectivity index (χ2v) is 5.52. The van der Waals surface area contributed by atoms with E-state index in [-0.39, 0.29) is 11.8 Å². The zero-order valence-electron chi connectivity index (χ0n) is 10.0. The van der Waals surface area contributed by atoms with Crippen LogP contribution in [-0.2, 0) is 20.3 Å². The Morgan fingerprint density at radius 2 is 2.11 bits per heavy atom. The van der Waals surface area contributed by atoms with Crippen LogP contribution < -0.4 is 0 Å². The van der Waals surface area contributed by atoms with Gasteiger partial charge in [0, 0.05) is 12.4 Å². The highest BCUT2D eigenvalue weighted by molar-refractivity contribution is 7.74. The molecular formula is C11H13N2O5S-. The number of carbonyl (C=O) groups is 1. The van der Waals surface area contributed by atoms with Crippen LogP contribution in [-0.4, -0.2) is 36.6 Å². The maximum Gasteiger partial charge on any atom is 0.419 e. The number of aromatic nitrogens is 2. The van der Waals surface area contributed by atoms with Gasteiger partial charge in [0.05, 0.1) is 11.4 Å². The second kappa shape index (κ2) is 5.03. The Hall–Kier alpha value is -1.25. The SMILES string of the molecule is O=C(OC1C2CCC(C2)C1OS(=O)[O-])n1ccnc1. The standard InChI is InChI=1S/C11H14N2O5S/c14-11(13-4-3-12-6-13)17-9-7-1-2-8(5-7)10(9)18-19(15)16/h3-4,6-10H,1-2,5H2,(H,15,16)/p-1. The molecule has 1 aromatic heterocycles. The van der Waals surface area contributed by atoms with E-state index in [9.17, 15) is 13.6 Å². The molecule has 0 aliphatic heterocycles. The Bertz CT molecular complexity index is 491. The molecule has 2 bridgehead atoms. The number of hydrogen-bond donors (Lipinski definition) is 0. The Balaban J connectivity index is 1.71. The normalized spacial score (nSPS) is 34.4. The fourth-order valence-electron chi connectivity index (χ4n) is 3.12. The first kappa shape index (κ1) is 12.8. The van der Waals surface area contributed by atoms with Crippen LogP contribution in [0.1, 0.15) is 19.3 Å². The minimum Gasteiger partial charge on any atom is -0.750 e. The number of rotatable bonds is 3. The summed E-state index contributed by atoms with van der Waals surface area (Å²) in [5.74, 6) is 0.342. The first-order chi connectivity index (χ1) is 9.15. The van der Waals surface area contributed by atoms with Gasteiger partial charge in [-0.1, -0.05) is 0 Å². The van der Waals surface area contributed by atoms with Crippen molar-refractivity contribution in [1.29, 1.82) is 0 Å². The summed E-state index contributed by atoms with van der Waals surface area (Å²) in [5, 5.41) is 0. The van der Waals surface area contributed by atoms with Crippen LogP contribution in [0, 0.1) is 11.8 Å². The van der Waals surface area contributed by atoms with Crippen LogP contribution in [0.4, 0.5) is 4.79 Å². The van der Waals surface area contributed by atoms with Gasteiger partial charge in [-0.05, 0) is 31.1 Å². The van der Waals surface area contributed by atoms with Crippen LogP contribution >= 0.6 is 0 Å². The molecule has 0 radical (unpaired) electrons. The molecular weight excluding hydrogens is 272 g/mol. The van der Waals surface area contributed by atoms with Crippen LogP contribution in [0.2, 0.25) is 0 Å². The lowest BCUT2D eigenvalue weighted by Gasteiger charge is -2.30. The van der Waals surface area contributed by atoms with E-state index in [0.717, 1.165) is 19.3 Å². The van der Waals surface area contributed by atoms with Crippen LogP contribution in [0.3, 0.4) is 0 Å². The molecule has 0 aromatic carbocycles. The molecule has 0 saturated heterocycles. The fraction of sp³-hybridized carbons (Fsp3) is 0.636. The fourth-order valence-corrected chi connectivity index (χ4v) is 3.57. The van der Waals surface area contributed by atoms with Gasteiger partial charge in [0.2, 0.25) is 0 Å². The van der Waals surface area contributed by atoms with Gasteiger partial charge >= 0.3 is 6.09 Å². The number of fused-ring (bicyclic) bond motifs is 2. The Kier molecular flexibility index (Phi) is 3.38. The predicted molar refractivity (Wildman–Crippen MR) is 62.5 cm³/mol. The van der Waals surface area contributed by atoms with Crippen molar-refractivity contribution in [3.05, 3.63) is 18.7 Å². The smallest absolute Gasteiger partial charge is 0.419 e. The first-order valence-electron chi connectivity index (χ1n) is 6.10.